The second-order valence-electron chi connectivity index (χ2n) is 5.85. The van der Waals surface area contributed by atoms with Crippen LogP contribution in [0.25, 0.3) is 17.8 Å². The molecule has 0 spiro atoms. The molecule has 0 saturated carbocycles. The number of benzene rings is 2. The van der Waals surface area contributed by atoms with Gasteiger partial charge in [0, 0.05) is 21.3 Å². The Hall–Kier alpha value is -3.69. The molecule has 150 valence electrons. The Labute approximate surface area is 163 Å². The number of nitrogens with zero attached hydrogens (tertiary/aromatic N) is 4. The van der Waals surface area contributed by atoms with Crippen molar-refractivity contribution >= 4 is 17.8 Å². The molecule has 0 radical (unpaired) electrons. The van der Waals surface area contributed by atoms with Crippen molar-refractivity contribution in [2.75, 3.05) is 14.2 Å². The highest BCUT2D eigenvalue weighted by molar-refractivity contribution is 5.71. The Morgan fingerprint density at radius 3 is 2.45 bits per heavy atom. The summed E-state index contributed by atoms with van der Waals surface area (Å²) in [5, 5.41) is 4.26. The fourth-order valence-electron chi connectivity index (χ4n) is 2.47. The van der Waals surface area contributed by atoms with Crippen LogP contribution in [0.1, 0.15) is 11.4 Å². The number of aromatic nitrogens is 3. The van der Waals surface area contributed by atoms with E-state index in [0.29, 0.717) is 22.9 Å². The molecule has 3 rings (SSSR count). The van der Waals surface area contributed by atoms with Crippen molar-refractivity contribution in [3.05, 3.63) is 65.1 Å². The smallest absolute Gasteiger partial charge is 0.496 e. The van der Waals surface area contributed by atoms with Crippen molar-refractivity contribution in [3.8, 4) is 17.2 Å². The van der Waals surface area contributed by atoms with E-state index in [-0.39, 0.29) is 5.75 Å². The van der Waals surface area contributed by atoms with Crippen LogP contribution in [0.15, 0.2) is 48.8 Å². The van der Waals surface area contributed by atoms with Gasteiger partial charge in [-0.15, -0.1) is 18.3 Å². The third-order valence-electron chi connectivity index (χ3n) is 3.84. The highest BCUT2D eigenvalue weighted by Crippen LogP contribution is 2.26. The first-order valence-electron chi connectivity index (χ1n) is 8.30. The minimum absolute atomic E-state index is 0.319. The summed E-state index contributed by atoms with van der Waals surface area (Å²) in [6, 6.07) is 10.3. The molecule has 0 aliphatic carbocycles. The van der Waals surface area contributed by atoms with Gasteiger partial charge in [0.1, 0.15) is 17.8 Å². The van der Waals surface area contributed by atoms with E-state index in [2.05, 4.69) is 14.8 Å². The number of alkyl halides is 3. The highest BCUT2D eigenvalue weighted by atomic mass is 19.4. The Balaban J connectivity index is 1.76. The lowest BCUT2D eigenvalue weighted by molar-refractivity contribution is -0.428. The number of methoxy groups -OCH3 is 1. The number of hydrogen-bond acceptors (Lipinski definition) is 5. The standard InChI is InChI=1S/C19H16F3N4O3/c1-25(27)15-5-3-13(17(11-15)28-2)4-10-18-23-12-26(24-18)14-6-8-16(9-7-14)29-19(20,21)22/h3-12H,1-2H3/q+1/b10-4+. The summed E-state index contributed by atoms with van der Waals surface area (Å²) >= 11 is 0. The quantitative estimate of drug-likeness (QED) is 0.569. The number of hydrogen-bond donors (Lipinski definition) is 0. The molecule has 0 aliphatic heterocycles. The number of ether oxygens (including phenoxy) is 2. The van der Waals surface area contributed by atoms with Crippen molar-refractivity contribution < 1.29 is 27.4 Å². The monoisotopic (exact) mass is 405 g/mol. The van der Waals surface area contributed by atoms with Crippen LogP contribution in [0, 0.1) is 4.91 Å². The molecule has 1 aromatic heterocycles. The van der Waals surface area contributed by atoms with E-state index < -0.39 is 6.36 Å². The summed E-state index contributed by atoms with van der Waals surface area (Å²) in [6.07, 6.45) is 0.0740. The van der Waals surface area contributed by atoms with Crippen LogP contribution in [0.2, 0.25) is 0 Å². The molecule has 0 saturated heterocycles. The van der Waals surface area contributed by atoms with E-state index in [4.69, 9.17) is 4.74 Å². The van der Waals surface area contributed by atoms with Gasteiger partial charge in [-0.05, 0) is 42.5 Å². The zero-order valence-corrected chi connectivity index (χ0v) is 15.4. The van der Waals surface area contributed by atoms with Crippen molar-refractivity contribution in [1.29, 1.82) is 0 Å². The lowest BCUT2D eigenvalue weighted by atomic mass is 10.1. The highest BCUT2D eigenvalue weighted by Gasteiger charge is 2.30. The number of rotatable bonds is 6. The van der Waals surface area contributed by atoms with Crippen LogP contribution in [-0.4, -0.2) is 40.0 Å². The molecule has 0 fully saturated rings. The largest absolute Gasteiger partial charge is 0.573 e. The second-order valence-corrected chi connectivity index (χ2v) is 5.85. The molecule has 0 N–H and O–H groups in total. The van der Waals surface area contributed by atoms with Crippen LogP contribution in [-0.2, 0) is 0 Å². The van der Waals surface area contributed by atoms with Gasteiger partial charge in [-0.3, -0.25) is 0 Å². The zero-order valence-electron chi connectivity index (χ0n) is 15.4. The summed E-state index contributed by atoms with van der Waals surface area (Å²) in [4.78, 5) is 15.5. The first-order valence-corrected chi connectivity index (χ1v) is 8.30. The van der Waals surface area contributed by atoms with Gasteiger partial charge in [0.15, 0.2) is 12.9 Å². The molecule has 0 aliphatic rings. The van der Waals surface area contributed by atoms with Crippen LogP contribution in [0.3, 0.4) is 0 Å². The molecule has 10 heteroatoms. The first-order chi connectivity index (χ1) is 13.7. The maximum Gasteiger partial charge on any atom is 0.573 e. The van der Waals surface area contributed by atoms with Gasteiger partial charge in [0.05, 0.1) is 18.9 Å². The fourth-order valence-corrected chi connectivity index (χ4v) is 2.47. The van der Waals surface area contributed by atoms with Gasteiger partial charge in [-0.2, -0.15) is 0 Å². The lowest BCUT2D eigenvalue weighted by Crippen LogP contribution is -2.17. The van der Waals surface area contributed by atoms with Gasteiger partial charge < -0.3 is 9.47 Å². The maximum absolute atomic E-state index is 12.2. The minimum Gasteiger partial charge on any atom is -0.496 e. The van der Waals surface area contributed by atoms with Crippen LogP contribution in [0.5, 0.6) is 11.5 Å². The SMILES string of the molecule is COc1cc([N+](C)=O)ccc1/C=C/c1ncn(-c2ccc(OC(F)(F)F)cc2)n1. The fraction of sp³-hybridized carbons (Fsp3) is 0.158. The van der Waals surface area contributed by atoms with Gasteiger partial charge in [-0.25, -0.2) is 9.67 Å². The van der Waals surface area contributed by atoms with E-state index >= 15 is 0 Å². The van der Waals surface area contributed by atoms with Gasteiger partial charge in [0.25, 0.3) is 5.69 Å². The predicted octanol–water partition coefficient (Wildman–Crippen LogP) is 4.39. The van der Waals surface area contributed by atoms with Crippen molar-refractivity contribution in [1.82, 2.24) is 14.8 Å². The van der Waals surface area contributed by atoms with E-state index in [1.54, 1.807) is 30.4 Å². The normalized spacial score (nSPS) is 11.6. The zero-order chi connectivity index (χ0) is 21.0. The van der Waals surface area contributed by atoms with Crippen LogP contribution >= 0.6 is 0 Å². The number of nitroso groups, excluding NO2 is 1. The molecule has 7 nitrogen and oxygen atoms in total. The van der Waals surface area contributed by atoms with E-state index in [9.17, 15) is 18.1 Å². The molecule has 0 amide bonds. The third-order valence-corrected chi connectivity index (χ3v) is 3.84. The van der Waals surface area contributed by atoms with Crippen LogP contribution in [0.4, 0.5) is 18.9 Å². The van der Waals surface area contributed by atoms with Crippen molar-refractivity contribution in [2.45, 2.75) is 6.36 Å². The Morgan fingerprint density at radius 1 is 1.10 bits per heavy atom. The van der Waals surface area contributed by atoms with Crippen molar-refractivity contribution in [2.24, 2.45) is 0 Å². The molecular formula is C19H16F3N4O3+. The van der Waals surface area contributed by atoms with Gasteiger partial charge in [0.2, 0.25) is 0 Å². The molecule has 0 atom stereocenters. The van der Waals surface area contributed by atoms with E-state index in [1.165, 1.54) is 49.4 Å². The summed E-state index contributed by atoms with van der Waals surface area (Å²) in [5.41, 5.74) is 1.70. The molecule has 0 bridgehead atoms. The molecule has 3 aromatic rings. The topological polar surface area (TPSA) is 69.2 Å². The molecule has 1 heterocycles. The average molecular weight is 405 g/mol. The summed E-state index contributed by atoms with van der Waals surface area (Å²) in [6.45, 7) is 0. The predicted molar refractivity (Wildman–Crippen MR) is 99.2 cm³/mol. The maximum atomic E-state index is 12.2. The summed E-state index contributed by atoms with van der Waals surface area (Å²) in [5.74, 6) is 0.578. The van der Waals surface area contributed by atoms with Crippen LogP contribution < -0.4 is 9.47 Å². The van der Waals surface area contributed by atoms with Crippen molar-refractivity contribution in [3.63, 3.8) is 0 Å². The lowest BCUT2D eigenvalue weighted by Gasteiger charge is -2.09. The summed E-state index contributed by atoms with van der Waals surface area (Å²) in [7, 11) is 2.89. The van der Waals surface area contributed by atoms with Gasteiger partial charge >= 0.3 is 6.36 Å². The molecule has 0 unspecified atom stereocenters. The number of halogens is 3. The molecule has 2 aromatic carbocycles. The molecular weight excluding hydrogens is 389 g/mol. The minimum atomic E-state index is -4.74. The van der Waals surface area contributed by atoms with E-state index in [0.717, 1.165) is 10.3 Å². The second kappa shape index (κ2) is 8.13. The Bertz CT molecular complexity index is 1040. The van der Waals surface area contributed by atoms with Gasteiger partial charge in [-0.1, -0.05) is 0 Å². The first kappa shape index (κ1) is 20.1. The Morgan fingerprint density at radius 2 is 1.83 bits per heavy atom. The third kappa shape index (κ3) is 5.18. The summed E-state index contributed by atoms with van der Waals surface area (Å²) < 4.78 is 47.9. The average Bonchev–Trinajstić information content (AvgIpc) is 3.14. The molecule has 29 heavy (non-hydrogen) atoms. The van der Waals surface area contributed by atoms with E-state index in [1.807, 2.05) is 0 Å². The Kier molecular flexibility index (Phi) is 5.62.